The molecule has 1 aliphatic rings. The zero-order valence-corrected chi connectivity index (χ0v) is 20.2. The summed E-state index contributed by atoms with van der Waals surface area (Å²) in [6.07, 6.45) is -8.09. The number of rotatable bonds is 8. The maximum absolute atomic E-state index is 13.1. The summed E-state index contributed by atoms with van der Waals surface area (Å²) >= 11 is 0. The summed E-state index contributed by atoms with van der Waals surface area (Å²) in [4.78, 5) is 51.1. The molecule has 0 bridgehead atoms. The fraction of sp³-hybridized carbons (Fsp3) is 0.214. The quantitative estimate of drug-likeness (QED) is 0.349. The molecular weight excluding hydrogens is 496 g/mol. The van der Waals surface area contributed by atoms with Crippen LogP contribution in [0.2, 0.25) is 0 Å². The van der Waals surface area contributed by atoms with E-state index in [0.29, 0.717) is 0 Å². The van der Waals surface area contributed by atoms with Crippen molar-refractivity contribution in [1.29, 1.82) is 0 Å². The van der Waals surface area contributed by atoms with Gasteiger partial charge in [-0.15, -0.1) is 0 Å². The average molecular weight is 520 g/mol. The molecule has 3 aromatic rings. The minimum Gasteiger partial charge on any atom is -0.479 e. The summed E-state index contributed by atoms with van der Waals surface area (Å²) < 4.78 is 27.7. The Morgan fingerprint density at radius 2 is 0.974 bits per heavy atom. The molecule has 0 aromatic heterocycles. The van der Waals surface area contributed by atoms with E-state index in [0.717, 1.165) is 0 Å². The fourth-order valence-electron chi connectivity index (χ4n) is 3.89. The lowest BCUT2D eigenvalue weighted by Gasteiger charge is -2.42. The van der Waals surface area contributed by atoms with Crippen LogP contribution < -0.4 is 0 Å². The van der Waals surface area contributed by atoms with Crippen molar-refractivity contribution in [1.82, 2.24) is 0 Å². The normalized spacial score (nSPS) is 22.6. The zero-order chi connectivity index (χ0) is 27.1. The molecular formula is C28H24O10. The third kappa shape index (κ3) is 6.05. The van der Waals surface area contributed by atoms with E-state index in [1.807, 2.05) is 0 Å². The van der Waals surface area contributed by atoms with Gasteiger partial charge in [-0.2, -0.15) is 0 Å². The molecule has 0 radical (unpaired) electrons. The van der Waals surface area contributed by atoms with Gasteiger partial charge >= 0.3 is 23.9 Å². The van der Waals surface area contributed by atoms with Crippen LogP contribution in [-0.4, -0.2) is 66.8 Å². The number of aliphatic carboxylic acids is 1. The summed E-state index contributed by atoms with van der Waals surface area (Å²) in [7, 11) is 1.21. The van der Waals surface area contributed by atoms with Gasteiger partial charge in [0.2, 0.25) is 0 Å². The molecule has 3 aromatic carbocycles. The molecule has 1 fully saturated rings. The van der Waals surface area contributed by atoms with Crippen LogP contribution >= 0.6 is 0 Å². The Labute approximate surface area is 217 Å². The molecule has 1 aliphatic heterocycles. The van der Waals surface area contributed by atoms with Crippen LogP contribution in [-0.2, 0) is 28.5 Å². The second-order valence-electron chi connectivity index (χ2n) is 8.21. The Balaban J connectivity index is 1.72. The Morgan fingerprint density at radius 3 is 1.34 bits per heavy atom. The lowest BCUT2D eigenvalue weighted by Crippen LogP contribution is -2.63. The standard InChI is InChI=1S/C28H24O10/c1-34-28-23(37-27(33)19-15-9-4-10-16-19)21(36-26(32)18-13-7-3-8-14-18)20(22(38-28)24(29)30)35-25(31)17-11-5-2-6-12-17/h2-16,20-23,28H,1H3,(H,29,30)/t20-,21+,22+,23-,28-/m1/s1. The summed E-state index contributed by atoms with van der Waals surface area (Å²) in [5, 5.41) is 9.90. The van der Waals surface area contributed by atoms with Gasteiger partial charge in [0.1, 0.15) is 0 Å². The molecule has 10 heteroatoms. The highest BCUT2D eigenvalue weighted by Gasteiger charge is 2.55. The van der Waals surface area contributed by atoms with Crippen molar-refractivity contribution in [2.45, 2.75) is 30.7 Å². The van der Waals surface area contributed by atoms with Crippen molar-refractivity contribution in [2.24, 2.45) is 0 Å². The number of hydrogen-bond acceptors (Lipinski definition) is 9. The number of carbonyl (C=O) groups excluding carboxylic acids is 3. The molecule has 1 heterocycles. The molecule has 0 saturated carbocycles. The maximum atomic E-state index is 13.1. The largest absolute Gasteiger partial charge is 0.479 e. The van der Waals surface area contributed by atoms with Gasteiger partial charge in [-0.25, -0.2) is 19.2 Å². The van der Waals surface area contributed by atoms with Crippen LogP contribution in [0.25, 0.3) is 0 Å². The summed E-state index contributed by atoms with van der Waals surface area (Å²) in [6, 6.07) is 23.7. The molecule has 1 saturated heterocycles. The van der Waals surface area contributed by atoms with Crippen molar-refractivity contribution >= 4 is 23.9 Å². The second-order valence-corrected chi connectivity index (χ2v) is 8.21. The molecule has 0 aliphatic carbocycles. The first-order valence-electron chi connectivity index (χ1n) is 11.6. The first-order chi connectivity index (χ1) is 18.4. The Morgan fingerprint density at radius 1 is 0.605 bits per heavy atom. The van der Waals surface area contributed by atoms with Crippen LogP contribution in [0.15, 0.2) is 91.0 Å². The van der Waals surface area contributed by atoms with Gasteiger partial charge in [0.05, 0.1) is 16.7 Å². The Hall–Kier alpha value is -4.54. The van der Waals surface area contributed by atoms with Crippen molar-refractivity contribution < 1.29 is 48.0 Å². The van der Waals surface area contributed by atoms with Crippen LogP contribution in [0, 0.1) is 0 Å². The van der Waals surface area contributed by atoms with Crippen LogP contribution in [0.5, 0.6) is 0 Å². The summed E-state index contributed by atoms with van der Waals surface area (Å²) in [5.74, 6) is -4.08. The van der Waals surface area contributed by atoms with E-state index in [-0.39, 0.29) is 16.7 Å². The monoisotopic (exact) mass is 520 g/mol. The number of carboxylic acids is 1. The molecule has 0 spiro atoms. The molecule has 5 atom stereocenters. The van der Waals surface area contributed by atoms with Gasteiger partial charge in [0.15, 0.2) is 30.7 Å². The number of esters is 3. The zero-order valence-electron chi connectivity index (χ0n) is 20.2. The minimum absolute atomic E-state index is 0.122. The van der Waals surface area contributed by atoms with Gasteiger partial charge in [0, 0.05) is 7.11 Å². The van der Waals surface area contributed by atoms with Gasteiger partial charge in [-0.05, 0) is 36.4 Å². The number of carboxylic acid groups (broad SMARTS) is 1. The summed E-state index contributed by atoms with van der Waals surface area (Å²) in [6.45, 7) is 0. The topological polar surface area (TPSA) is 135 Å². The van der Waals surface area contributed by atoms with Crippen LogP contribution in [0.3, 0.4) is 0 Å². The van der Waals surface area contributed by atoms with Gasteiger partial charge in [0.25, 0.3) is 0 Å². The third-order valence-corrected chi connectivity index (χ3v) is 5.73. The van der Waals surface area contributed by atoms with E-state index in [9.17, 15) is 24.3 Å². The second kappa shape index (κ2) is 12.1. The minimum atomic E-state index is -1.81. The first kappa shape index (κ1) is 26.5. The van der Waals surface area contributed by atoms with Crippen molar-refractivity contribution in [3.8, 4) is 0 Å². The number of methoxy groups -OCH3 is 1. The van der Waals surface area contributed by atoms with Crippen molar-refractivity contribution in [2.75, 3.05) is 7.11 Å². The summed E-state index contributed by atoms with van der Waals surface area (Å²) in [5.41, 5.74) is 0.436. The molecule has 196 valence electrons. The van der Waals surface area contributed by atoms with E-state index in [4.69, 9.17) is 23.7 Å². The van der Waals surface area contributed by atoms with Gasteiger partial charge in [-0.1, -0.05) is 54.6 Å². The number of benzene rings is 3. The first-order valence-corrected chi connectivity index (χ1v) is 11.6. The van der Waals surface area contributed by atoms with Crippen molar-refractivity contribution in [3.63, 3.8) is 0 Å². The Bertz CT molecular complexity index is 1260. The number of hydrogen-bond donors (Lipinski definition) is 1. The maximum Gasteiger partial charge on any atom is 0.338 e. The van der Waals surface area contributed by atoms with E-state index >= 15 is 0 Å². The molecule has 4 rings (SSSR count). The van der Waals surface area contributed by atoms with E-state index in [1.165, 1.54) is 43.5 Å². The molecule has 1 N–H and O–H groups in total. The predicted octanol–water partition coefficient (Wildman–Crippen LogP) is 3.12. The molecule has 0 amide bonds. The predicted molar refractivity (Wildman–Crippen MR) is 130 cm³/mol. The van der Waals surface area contributed by atoms with Crippen molar-refractivity contribution in [3.05, 3.63) is 108 Å². The molecule has 10 nitrogen and oxygen atoms in total. The average Bonchev–Trinajstić information content (AvgIpc) is 2.95. The van der Waals surface area contributed by atoms with Gasteiger partial charge < -0.3 is 28.8 Å². The van der Waals surface area contributed by atoms with E-state index in [2.05, 4.69) is 0 Å². The highest BCUT2D eigenvalue weighted by atomic mass is 16.7. The number of carbonyl (C=O) groups is 4. The van der Waals surface area contributed by atoms with E-state index < -0.39 is 54.6 Å². The highest BCUT2D eigenvalue weighted by Crippen LogP contribution is 2.31. The van der Waals surface area contributed by atoms with Crippen LogP contribution in [0.1, 0.15) is 31.1 Å². The van der Waals surface area contributed by atoms with Crippen LogP contribution in [0.4, 0.5) is 0 Å². The highest BCUT2D eigenvalue weighted by molar-refractivity contribution is 5.91. The van der Waals surface area contributed by atoms with Gasteiger partial charge in [-0.3, -0.25) is 0 Å². The van der Waals surface area contributed by atoms with E-state index in [1.54, 1.807) is 54.6 Å². The SMILES string of the molecule is CO[C@@H]1O[C@H](C(=O)O)[C@H](OC(=O)c2ccccc2)[C@H](OC(=O)c2ccccc2)[C@H]1OC(=O)c1ccccc1. The lowest BCUT2D eigenvalue weighted by atomic mass is 9.97. The molecule has 0 unspecified atom stereocenters. The number of ether oxygens (including phenoxy) is 5. The Kier molecular flexibility index (Phi) is 8.47. The fourth-order valence-corrected chi connectivity index (χ4v) is 3.89. The third-order valence-electron chi connectivity index (χ3n) is 5.73. The smallest absolute Gasteiger partial charge is 0.338 e. The lowest BCUT2D eigenvalue weighted by molar-refractivity contribution is -0.285. The molecule has 38 heavy (non-hydrogen) atoms.